The molecule has 1 aliphatic rings. The third kappa shape index (κ3) is 5.49. The number of nitrogens with one attached hydrogen (secondary N) is 2. The number of hydrogen-bond donors (Lipinski definition) is 2. The predicted molar refractivity (Wildman–Crippen MR) is 107 cm³/mol. The zero-order valence-corrected chi connectivity index (χ0v) is 15.9. The lowest BCUT2D eigenvalue weighted by atomic mass is 10.0. The van der Waals surface area contributed by atoms with Gasteiger partial charge in [-0.2, -0.15) is 0 Å². The fourth-order valence-corrected chi connectivity index (χ4v) is 2.95. The van der Waals surface area contributed by atoms with Crippen molar-refractivity contribution in [2.45, 2.75) is 12.8 Å². The Labute approximate surface area is 167 Å². The van der Waals surface area contributed by atoms with Crippen LogP contribution in [0.4, 0.5) is 5.69 Å². The first kappa shape index (κ1) is 19.3. The first-order valence-electron chi connectivity index (χ1n) is 8.48. The van der Waals surface area contributed by atoms with Crippen LogP contribution in [0.1, 0.15) is 17.5 Å². The number of aryl methyl sites for hydroxylation is 1. The number of benzene rings is 2. The number of amides is 2. The van der Waals surface area contributed by atoms with E-state index in [-0.39, 0.29) is 11.8 Å². The summed E-state index contributed by atoms with van der Waals surface area (Å²) in [6.45, 7) is 0.718. The zero-order valence-electron chi connectivity index (χ0n) is 14.4. The van der Waals surface area contributed by atoms with Gasteiger partial charge in [0.2, 0.25) is 11.8 Å². The SMILES string of the molecule is O=C(/C=C/c1ccc(Cl)c(Cl)c1)NCCOc1ccc2c(c1)CCC(=O)N2. The van der Waals surface area contributed by atoms with E-state index in [2.05, 4.69) is 10.6 Å². The molecule has 0 spiro atoms. The summed E-state index contributed by atoms with van der Waals surface area (Å²) in [4.78, 5) is 23.2. The van der Waals surface area contributed by atoms with Gasteiger partial charge < -0.3 is 15.4 Å². The van der Waals surface area contributed by atoms with Crippen molar-refractivity contribution in [1.29, 1.82) is 0 Å². The van der Waals surface area contributed by atoms with Crippen molar-refractivity contribution in [1.82, 2.24) is 5.32 Å². The first-order valence-corrected chi connectivity index (χ1v) is 9.23. The van der Waals surface area contributed by atoms with Gasteiger partial charge in [-0.05, 0) is 54.0 Å². The molecule has 0 unspecified atom stereocenters. The predicted octanol–water partition coefficient (Wildman–Crippen LogP) is 4.09. The van der Waals surface area contributed by atoms with E-state index < -0.39 is 0 Å². The van der Waals surface area contributed by atoms with Crippen LogP contribution in [0.25, 0.3) is 6.08 Å². The van der Waals surface area contributed by atoms with Crippen molar-refractivity contribution < 1.29 is 14.3 Å². The van der Waals surface area contributed by atoms with E-state index in [1.54, 1.807) is 30.3 Å². The molecule has 0 aromatic heterocycles. The second kappa shape index (κ2) is 8.93. The molecular weight excluding hydrogens is 387 g/mol. The van der Waals surface area contributed by atoms with Gasteiger partial charge in [0.05, 0.1) is 16.6 Å². The van der Waals surface area contributed by atoms with Crippen LogP contribution >= 0.6 is 23.2 Å². The molecule has 0 aliphatic carbocycles. The van der Waals surface area contributed by atoms with Crippen LogP contribution in [0.5, 0.6) is 5.75 Å². The number of hydrogen-bond acceptors (Lipinski definition) is 3. The van der Waals surface area contributed by atoms with E-state index in [1.807, 2.05) is 12.1 Å². The molecule has 2 aromatic carbocycles. The molecule has 0 radical (unpaired) electrons. The van der Waals surface area contributed by atoms with E-state index in [0.29, 0.717) is 41.8 Å². The molecule has 0 saturated heterocycles. The lowest BCUT2D eigenvalue weighted by molar-refractivity contribution is -0.117. The molecule has 1 aliphatic heterocycles. The maximum atomic E-state index is 11.8. The molecule has 2 aromatic rings. The standard InChI is InChI=1S/C20H18Cl2N2O3/c21-16-5-1-13(11-17(16)22)2-7-19(25)23-9-10-27-15-4-6-18-14(12-15)3-8-20(26)24-18/h1-2,4-7,11-12H,3,8-10H2,(H,23,25)(H,24,26)/b7-2+. The van der Waals surface area contributed by atoms with Gasteiger partial charge in [0, 0.05) is 18.2 Å². The smallest absolute Gasteiger partial charge is 0.244 e. The Morgan fingerprint density at radius 1 is 1.15 bits per heavy atom. The molecule has 0 bridgehead atoms. The minimum Gasteiger partial charge on any atom is -0.492 e. The summed E-state index contributed by atoms with van der Waals surface area (Å²) in [5, 5.41) is 6.49. The maximum absolute atomic E-state index is 11.8. The quantitative estimate of drug-likeness (QED) is 0.562. The Morgan fingerprint density at radius 2 is 2.00 bits per heavy atom. The van der Waals surface area contributed by atoms with Gasteiger partial charge in [-0.25, -0.2) is 0 Å². The molecule has 7 heteroatoms. The van der Waals surface area contributed by atoms with Crippen molar-refractivity contribution in [3.05, 3.63) is 63.6 Å². The Kier molecular flexibility index (Phi) is 6.37. The van der Waals surface area contributed by atoms with Gasteiger partial charge in [0.25, 0.3) is 0 Å². The van der Waals surface area contributed by atoms with Crippen LogP contribution < -0.4 is 15.4 Å². The topological polar surface area (TPSA) is 67.4 Å². The Bertz CT molecular complexity index is 897. The average Bonchev–Trinajstić information content (AvgIpc) is 2.66. The van der Waals surface area contributed by atoms with E-state index >= 15 is 0 Å². The van der Waals surface area contributed by atoms with Gasteiger partial charge >= 0.3 is 0 Å². The molecule has 0 saturated carbocycles. The lowest BCUT2D eigenvalue weighted by Gasteiger charge is -2.17. The molecule has 5 nitrogen and oxygen atoms in total. The van der Waals surface area contributed by atoms with E-state index in [1.165, 1.54) is 6.08 Å². The number of rotatable bonds is 6. The molecule has 27 heavy (non-hydrogen) atoms. The van der Waals surface area contributed by atoms with Gasteiger partial charge in [-0.1, -0.05) is 29.3 Å². The van der Waals surface area contributed by atoms with Gasteiger partial charge in [0.1, 0.15) is 12.4 Å². The molecule has 1 heterocycles. The highest BCUT2D eigenvalue weighted by atomic mass is 35.5. The minimum absolute atomic E-state index is 0.0350. The monoisotopic (exact) mass is 404 g/mol. The second-order valence-corrected chi connectivity index (χ2v) is 6.83. The number of anilines is 1. The fraction of sp³-hybridized carbons (Fsp3) is 0.200. The molecule has 140 valence electrons. The average molecular weight is 405 g/mol. The van der Waals surface area contributed by atoms with Crippen molar-refractivity contribution in [3.63, 3.8) is 0 Å². The van der Waals surface area contributed by atoms with Gasteiger partial charge in [0.15, 0.2) is 0 Å². The van der Waals surface area contributed by atoms with E-state index in [0.717, 1.165) is 16.8 Å². The fourth-order valence-electron chi connectivity index (χ4n) is 2.64. The Morgan fingerprint density at radius 3 is 2.81 bits per heavy atom. The van der Waals surface area contributed by atoms with Crippen molar-refractivity contribution >= 4 is 46.8 Å². The number of fused-ring (bicyclic) bond motifs is 1. The highest BCUT2D eigenvalue weighted by Crippen LogP contribution is 2.26. The summed E-state index contributed by atoms with van der Waals surface area (Å²) in [7, 11) is 0. The van der Waals surface area contributed by atoms with E-state index in [9.17, 15) is 9.59 Å². The Hall–Kier alpha value is -2.50. The van der Waals surface area contributed by atoms with E-state index in [4.69, 9.17) is 27.9 Å². The summed E-state index contributed by atoms with van der Waals surface area (Å²) in [6.07, 6.45) is 4.28. The highest BCUT2D eigenvalue weighted by Gasteiger charge is 2.14. The largest absolute Gasteiger partial charge is 0.492 e. The highest BCUT2D eigenvalue weighted by molar-refractivity contribution is 6.42. The summed E-state index contributed by atoms with van der Waals surface area (Å²) >= 11 is 11.8. The van der Waals surface area contributed by atoms with Gasteiger partial charge in [-0.15, -0.1) is 0 Å². The molecule has 0 fully saturated rings. The summed E-state index contributed by atoms with van der Waals surface area (Å²) in [5.74, 6) is 0.524. The number of carbonyl (C=O) groups excluding carboxylic acids is 2. The van der Waals surface area contributed by atoms with Crippen molar-refractivity contribution in [2.75, 3.05) is 18.5 Å². The third-order valence-corrected chi connectivity index (χ3v) is 4.75. The number of carbonyl (C=O) groups is 2. The van der Waals surface area contributed by atoms with Gasteiger partial charge in [-0.3, -0.25) is 9.59 Å². The number of ether oxygens (including phenoxy) is 1. The maximum Gasteiger partial charge on any atom is 0.244 e. The zero-order chi connectivity index (χ0) is 19.2. The Balaban J connectivity index is 1.43. The molecule has 3 rings (SSSR count). The van der Waals surface area contributed by atoms with Crippen LogP contribution in [0.3, 0.4) is 0 Å². The van der Waals surface area contributed by atoms with Crippen LogP contribution in [-0.4, -0.2) is 25.0 Å². The minimum atomic E-state index is -0.224. The third-order valence-electron chi connectivity index (χ3n) is 4.01. The number of halogens is 2. The second-order valence-electron chi connectivity index (χ2n) is 6.01. The molecule has 2 amide bonds. The summed E-state index contributed by atoms with van der Waals surface area (Å²) in [5.41, 5.74) is 2.68. The molecule has 0 atom stereocenters. The normalized spacial score (nSPS) is 13.2. The van der Waals surface area contributed by atoms with Crippen LogP contribution in [0.15, 0.2) is 42.5 Å². The van der Waals surface area contributed by atoms with Crippen LogP contribution in [0.2, 0.25) is 10.0 Å². The molecule has 2 N–H and O–H groups in total. The van der Waals surface area contributed by atoms with Crippen molar-refractivity contribution in [2.24, 2.45) is 0 Å². The first-order chi connectivity index (χ1) is 13.0. The van der Waals surface area contributed by atoms with Crippen molar-refractivity contribution in [3.8, 4) is 5.75 Å². The van der Waals surface area contributed by atoms with Crippen LogP contribution in [-0.2, 0) is 16.0 Å². The van der Waals surface area contributed by atoms with Crippen LogP contribution in [0, 0.1) is 0 Å². The summed E-state index contributed by atoms with van der Waals surface area (Å²) in [6, 6.07) is 10.7. The summed E-state index contributed by atoms with van der Waals surface area (Å²) < 4.78 is 5.66. The lowest BCUT2D eigenvalue weighted by Crippen LogP contribution is -2.26. The molecular formula is C20H18Cl2N2O3.